The highest BCUT2D eigenvalue weighted by Gasteiger charge is 2.70. The zero-order valence-corrected chi connectivity index (χ0v) is 47.7. The smallest absolute Gasteiger partial charge is 0.333 e. The number of carbonyl (C=O) groups is 3. The van der Waals surface area contributed by atoms with Gasteiger partial charge in [-0.05, 0) is 177 Å². The van der Waals surface area contributed by atoms with Gasteiger partial charge in [-0.25, -0.2) is 4.79 Å². The summed E-state index contributed by atoms with van der Waals surface area (Å²) in [5.41, 5.74) is 2.34. The van der Waals surface area contributed by atoms with Gasteiger partial charge < -0.3 is 18.6 Å². The van der Waals surface area contributed by atoms with Crippen molar-refractivity contribution in [3.63, 3.8) is 0 Å². The first kappa shape index (κ1) is 55.6. The van der Waals surface area contributed by atoms with Crippen LogP contribution in [0.3, 0.4) is 0 Å². The van der Waals surface area contributed by atoms with Gasteiger partial charge in [-0.15, -0.1) is 0 Å². The van der Waals surface area contributed by atoms with Crippen molar-refractivity contribution in [1.29, 1.82) is 0 Å². The summed E-state index contributed by atoms with van der Waals surface area (Å²) in [5, 5.41) is 14.1. The van der Waals surface area contributed by atoms with E-state index in [1.165, 1.54) is 0 Å². The number of allylic oxidation sites excluding steroid dienone is 4. The number of carbonyl (C=O) groups excluding carboxylic acids is 3. The first-order valence-electron chi connectivity index (χ1n) is 26.5. The van der Waals surface area contributed by atoms with E-state index >= 15 is 4.79 Å². The molecule has 1 aromatic rings. The number of hydrogen-bond acceptors (Lipinski definition) is 9. The minimum absolute atomic E-state index is 0.0214. The average molecular weight is 984 g/mol. The van der Waals surface area contributed by atoms with E-state index in [0.717, 1.165) is 35.1 Å². The number of fused-ring (bicyclic) bond motifs is 6. The van der Waals surface area contributed by atoms with Crippen LogP contribution in [-0.4, -0.2) is 54.9 Å². The third kappa shape index (κ3) is 9.21. The third-order valence-corrected chi connectivity index (χ3v) is 24.4. The van der Waals surface area contributed by atoms with Crippen LogP contribution in [0.4, 0.5) is 5.69 Å². The summed E-state index contributed by atoms with van der Waals surface area (Å²) < 4.78 is 26.6. The topological polar surface area (TPSA) is 131 Å². The van der Waals surface area contributed by atoms with Crippen LogP contribution in [0.1, 0.15) is 205 Å². The van der Waals surface area contributed by atoms with Gasteiger partial charge in [0.1, 0.15) is 11.9 Å². The molecule has 70 heavy (non-hydrogen) atoms. The highest BCUT2D eigenvalue weighted by Crippen LogP contribution is 2.72. The second-order valence-corrected chi connectivity index (χ2v) is 31.2. The Labute approximate surface area is 422 Å². The van der Waals surface area contributed by atoms with Crippen molar-refractivity contribution in [3.05, 3.63) is 80.0 Å². The standard InChI is InChI=1S/C59H89NO9Si/c1-21-66-52(62)38(10)23-22-29-57(18)45-27-25-39-31-43(51(61)59(39,20)58(45,19)30-28-46(57)67-53(63)54(11,12)13)42-32-41-44-33-55(14,15)69-56(16,17)48(44)50(68-70(35(4)5,36(6)7)37(8)9)47(41)40(26-24-34(2)3)49(42)60(64)65/h22-24,29,32-33,35-37,39,43,45-46,48,50H,21,25-28,30-31H2,1-20H3/b29-22+,38-23+/t39?,43?,45?,46-,48+,50+,57?,58-,59+/m0/s1. The van der Waals surface area contributed by atoms with Crippen molar-refractivity contribution in [2.45, 2.75) is 223 Å². The molecular weight excluding hydrogens is 895 g/mol. The predicted octanol–water partition coefficient (Wildman–Crippen LogP) is 14.9. The van der Waals surface area contributed by atoms with E-state index in [-0.39, 0.29) is 63.3 Å². The van der Waals surface area contributed by atoms with Gasteiger partial charge in [0.25, 0.3) is 5.69 Å². The molecule has 5 aliphatic rings. The van der Waals surface area contributed by atoms with Crippen molar-refractivity contribution in [3.8, 4) is 0 Å². The first-order valence-corrected chi connectivity index (χ1v) is 28.7. The lowest BCUT2D eigenvalue weighted by atomic mass is 9.40. The maximum absolute atomic E-state index is 16.1. The lowest BCUT2D eigenvalue weighted by Crippen LogP contribution is -2.62. The highest BCUT2D eigenvalue weighted by atomic mass is 28.4. The van der Waals surface area contributed by atoms with Crippen molar-refractivity contribution in [2.75, 3.05) is 6.61 Å². The van der Waals surface area contributed by atoms with Crippen LogP contribution >= 0.6 is 0 Å². The number of esters is 2. The zero-order chi connectivity index (χ0) is 52.6. The van der Waals surface area contributed by atoms with E-state index in [1.807, 2.05) is 40.7 Å². The van der Waals surface area contributed by atoms with E-state index in [9.17, 15) is 19.7 Å². The maximum atomic E-state index is 16.1. The fourth-order valence-corrected chi connectivity index (χ4v) is 20.6. The zero-order valence-electron chi connectivity index (χ0n) is 46.7. The van der Waals surface area contributed by atoms with Gasteiger partial charge in [-0.1, -0.05) is 92.2 Å². The second-order valence-electron chi connectivity index (χ2n) is 25.8. The van der Waals surface area contributed by atoms with Crippen LogP contribution in [-0.2, 0) is 39.4 Å². The molecule has 0 bridgehead atoms. The summed E-state index contributed by atoms with van der Waals surface area (Å²) in [7, 11) is -2.59. The molecule has 4 unspecified atom stereocenters. The van der Waals surface area contributed by atoms with Gasteiger partial charge in [0, 0.05) is 33.4 Å². The molecule has 0 saturated heterocycles. The van der Waals surface area contributed by atoms with E-state index < -0.39 is 65.3 Å². The Bertz CT molecular complexity index is 2350. The molecular formula is C59H89NO9Si. The van der Waals surface area contributed by atoms with Crippen LogP contribution in [0.15, 0.2) is 47.6 Å². The minimum Gasteiger partial charge on any atom is -0.463 e. The second kappa shape index (κ2) is 19.3. The Hall–Kier alpha value is -3.67. The molecule has 11 heteroatoms. The van der Waals surface area contributed by atoms with Gasteiger partial charge in [0.2, 0.25) is 8.32 Å². The van der Waals surface area contributed by atoms with Crippen LogP contribution < -0.4 is 0 Å². The fraction of sp³-hybridized carbons (Fsp3) is 0.712. The predicted molar refractivity (Wildman–Crippen MR) is 283 cm³/mol. The molecule has 10 nitrogen and oxygen atoms in total. The van der Waals surface area contributed by atoms with Gasteiger partial charge in [0.15, 0.2) is 0 Å². The quantitative estimate of drug-likeness (QED) is 0.0340. The molecule has 9 atom stereocenters. The number of nitro benzene ring substituents is 1. The summed E-state index contributed by atoms with van der Waals surface area (Å²) in [5.74, 6) is -1.66. The van der Waals surface area contributed by atoms with Gasteiger partial charge in [0.05, 0.1) is 40.2 Å². The van der Waals surface area contributed by atoms with Crippen molar-refractivity contribution in [1.82, 2.24) is 0 Å². The molecule has 0 aromatic heterocycles. The number of hydrogen-bond donors (Lipinski definition) is 0. The number of nitrogens with zero attached hydrogens (tertiary/aromatic N) is 1. The first-order chi connectivity index (χ1) is 32.2. The van der Waals surface area contributed by atoms with Gasteiger partial charge in [-0.2, -0.15) is 0 Å². The molecule has 388 valence electrons. The molecule has 1 heterocycles. The molecule has 3 saturated carbocycles. The molecule has 3 fully saturated rings. The lowest BCUT2D eigenvalue weighted by molar-refractivity contribution is -0.386. The van der Waals surface area contributed by atoms with E-state index in [2.05, 4.69) is 114 Å². The van der Waals surface area contributed by atoms with Crippen LogP contribution in [0.5, 0.6) is 0 Å². The largest absolute Gasteiger partial charge is 0.463 e. The van der Waals surface area contributed by atoms with Crippen LogP contribution in [0, 0.1) is 49.5 Å². The molecule has 0 amide bonds. The molecule has 1 aromatic carbocycles. The summed E-state index contributed by atoms with van der Waals surface area (Å²) in [4.78, 5) is 56.4. The van der Waals surface area contributed by atoms with E-state index in [0.29, 0.717) is 42.4 Å². The molecule has 6 rings (SSSR count). The van der Waals surface area contributed by atoms with Gasteiger partial charge >= 0.3 is 11.9 Å². The summed E-state index contributed by atoms with van der Waals surface area (Å²) in [6.07, 6.45) is 12.7. The summed E-state index contributed by atoms with van der Waals surface area (Å²) in [6, 6.07) is 2.06. The number of ether oxygens (including phenoxy) is 3. The van der Waals surface area contributed by atoms with Crippen molar-refractivity contribution >= 4 is 37.3 Å². The maximum Gasteiger partial charge on any atom is 0.333 e. The Balaban J connectivity index is 1.57. The Morgan fingerprint density at radius 2 is 1.57 bits per heavy atom. The summed E-state index contributed by atoms with van der Waals surface area (Å²) >= 11 is 0. The average Bonchev–Trinajstić information content (AvgIpc) is 3.68. The molecule has 0 N–H and O–H groups in total. The lowest BCUT2D eigenvalue weighted by Gasteiger charge is -2.63. The number of ketones is 1. The number of nitro groups is 1. The number of benzene rings is 1. The molecule has 4 aliphatic carbocycles. The minimum atomic E-state index is -2.59. The van der Waals surface area contributed by atoms with E-state index in [4.69, 9.17) is 18.6 Å². The molecule has 1 aliphatic heterocycles. The van der Waals surface area contributed by atoms with Crippen LogP contribution in [0.2, 0.25) is 16.6 Å². The molecule has 0 spiro atoms. The van der Waals surface area contributed by atoms with Crippen molar-refractivity contribution in [2.24, 2.45) is 39.4 Å². The Morgan fingerprint density at radius 3 is 2.11 bits per heavy atom. The molecule has 0 radical (unpaired) electrons. The summed E-state index contributed by atoms with van der Waals surface area (Å²) in [6.45, 7) is 42.1. The van der Waals surface area contributed by atoms with Gasteiger partial charge in [-0.3, -0.25) is 19.7 Å². The SMILES string of the molecule is CCOC(=O)/C(C)=C/C=C/C1(C)C2CCC3CC(c4cc5c(c(CC=C(C)C)c4[N+](=O)[O-])[C@@H](O[Si](C(C)C)(C(C)C)C(C)C)[C@H]4C5=CC(C)(C)OC4(C)C)C(=O)[C@]3(C)[C@@]2(C)CC[C@@H]1OC(=O)C(C)(C)C. The Morgan fingerprint density at radius 1 is 0.957 bits per heavy atom. The highest BCUT2D eigenvalue weighted by molar-refractivity contribution is 6.77. The third-order valence-electron chi connectivity index (χ3n) is 18.4. The van der Waals surface area contributed by atoms with Crippen molar-refractivity contribution < 1.29 is 37.9 Å². The number of Topliss-reactive ketones (excluding diaryl/α,β-unsaturated/α-hetero) is 1. The fourth-order valence-electron chi connectivity index (χ4n) is 15.1. The van der Waals surface area contributed by atoms with E-state index in [1.54, 1.807) is 19.9 Å². The van der Waals surface area contributed by atoms with Crippen LogP contribution in [0.25, 0.3) is 5.57 Å². The Kier molecular flexibility index (Phi) is 15.3. The monoisotopic (exact) mass is 984 g/mol. The number of rotatable bonds is 14. The normalized spacial score (nSPS) is 31.6.